The summed E-state index contributed by atoms with van der Waals surface area (Å²) >= 11 is 0. The van der Waals surface area contributed by atoms with Gasteiger partial charge in [-0.05, 0) is 31.2 Å². The van der Waals surface area contributed by atoms with Crippen LogP contribution in [0.25, 0.3) is 0 Å². The third kappa shape index (κ3) is 2.32. The molecule has 0 amide bonds. The van der Waals surface area contributed by atoms with Gasteiger partial charge in [0.25, 0.3) is 0 Å². The van der Waals surface area contributed by atoms with Crippen molar-refractivity contribution < 1.29 is 4.74 Å². The van der Waals surface area contributed by atoms with Gasteiger partial charge in [0.2, 0.25) is 0 Å². The highest BCUT2D eigenvalue weighted by atomic mass is 16.5. The summed E-state index contributed by atoms with van der Waals surface area (Å²) in [6, 6.07) is 7.09. The van der Waals surface area contributed by atoms with Gasteiger partial charge in [-0.2, -0.15) is 0 Å². The number of benzene rings is 1. The van der Waals surface area contributed by atoms with Crippen LogP contribution in [0.1, 0.15) is 50.8 Å². The lowest BCUT2D eigenvalue weighted by Crippen LogP contribution is -2.20. The standard InChI is InChI=1S/C15H23NO/c1-5-6-13(16-4)11-7-8-14-12(9-11)15(2,3)10-17-14/h7-9,13,16H,5-6,10H2,1-4H3. The minimum absolute atomic E-state index is 0.149. The Morgan fingerprint density at radius 2 is 2.18 bits per heavy atom. The van der Waals surface area contributed by atoms with Crippen molar-refractivity contribution in [3.8, 4) is 5.75 Å². The third-order valence-electron chi connectivity index (χ3n) is 3.65. The molecule has 1 N–H and O–H groups in total. The van der Waals surface area contributed by atoms with E-state index in [0.29, 0.717) is 6.04 Å². The molecular weight excluding hydrogens is 210 g/mol. The van der Waals surface area contributed by atoms with Gasteiger partial charge in [0, 0.05) is 17.0 Å². The van der Waals surface area contributed by atoms with Crippen LogP contribution < -0.4 is 10.1 Å². The fourth-order valence-corrected chi connectivity index (χ4v) is 2.52. The first-order valence-corrected chi connectivity index (χ1v) is 6.53. The molecule has 1 aliphatic rings. The van der Waals surface area contributed by atoms with E-state index in [0.717, 1.165) is 12.4 Å². The number of hydrogen-bond donors (Lipinski definition) is 1. The maximum Gasteiger partial charge on any atom is 0.123 e. The molecule has 0 spiro atoms. The largest absolute Gasteiger partial charge is 0.492 e. The SMILES string of the molecule is CCCC(NC)c1ccc2c(c1)C(C)(C)CO2. The Kier molecular flexibility index (Phi) is 3.43. The molecule has 0 bridgehead atoms. The summed E-state index contributed by atoms with van der Waals surface area (Å²) in [5.41, 5.74) is 2.88. The van der Waals surface area contributed by atoms with Crippen LogP contribution in [-0.2, 0) is 5.41 Å². The summed E-state index contributed by atoms with van der Waals surface area (Å²) in [6.07, 6.45) is 2.37. The van der Waals surface area contributed by atoms with Gasteiger partial charge in [-0.25, -0.2) is 0 Å². The molecule has 1 heterocycles. The summed E-state index contributed by atoms with van der Waals surface area (Å²) in [7, 11) is 2.04. The van der Waals surface area contributed by atoms with E-state index in [1.165, 1.54) is 24.0 Å². The van der Waals surface area contributed by atoms with Crippen LogP contribution in [0.5, 0.6) is 5.75 Å². The molecular formula is C15H23NO. The minimum Gasteiger partial charge on any atom is -0.492 e. The lowest BCUT2D eigenvalue weighted by molar-refractivity contribution is 0.291. The Bertz CT molecular complexity index is 398. The van der Waals surface area contributed by atoms with Crippen molar-refractivity contribution in [2.45, 2.75) is 45.1 Å². The molecule has 94 valence electrons. The second-order valence-corrected chi connectivity index (χ2v) is 5.56. The van der Waals surface area contributed by atoms with Gasteiger partial charge in [-0.3, -0.25) is 0 Å². The van der Waals surface area contributed by atoms with Crippen LogP contribution in [0.3, 0.4) is 0 Å². The fourth-order valence-electron chi connectivity index (χ4n) is 2.52. The number of hydrogen-bond acceptors (Lipinski definition) is 2. The van der Waals surface area contributed by atoms with Crippen molar-refractivity contribution in [3.05, 3.63) is 29.3 Å². The van der Waals surface area contributed by atoms with Crippen molar-refractivity contribution in [3.63, 3.8) is 0 Å². The molecule has 0 saturated carbocycles. The highest BCUT2D eigenvalue weighted by Gasteiger charge is 2.32. The van der Waals surface area contributed by atoms with Crippen molar-refractivity contribution in [1.82, 2.24) is 5.32 Å². The maximum absolute atomic E-state index is 5.72. The summed E-state index contributed by atoms with van der Waals surface area (Å²) < 4.78 is 5.72. The summed E-state index contributed by atoms with van der Waals surface area (Å²) in [4.78, 5) is 0. The second kappa shape index (κ2) is 4.69. The molecule has 2 nitrogen and oxygen atoms in total. The Morgan fingerprint density at radius 1 is 1.41 bits per heavy atom. The number of rotatable bonds is 4. The lowest BCUT2D eigenvalue weighted by Gasteiger charge is -2.20. The minimum atomic E-state index is 0.149. The third-order valence-corrected chi connectivity index (χ3v) is 3.65. The Labute approximate surface area is 104 Å². The quantitative estimate of drug-likeness (QED) is 0.860. The molecule has 0 radical (unpaired) electrons. The normalized spacial score (nSPS) is 18.6. The fraction of sp³-hybridized carbons (Fsp3) is 0.600. The molecule has 1 unspecified atom stereocenters. The van der Waals surface area contributed by atoms with E-state index in [4.69, 9.17) is 4.74 Å². The van der Waals surface area contributed by atoms with Crippen molar-refractivity contribution in [2.75, 3.05) is 13.7 Å². The zero-order valence-electron chi connectivity index (χ0n) is 11.3. The predicted octanol–water partition coefficient (Wildman–Crippen LogP) is 3.42. The predicted molar refractivity (Wildman–Crippen MR) is 71.7 cm³/mol. The van der Waals surface area contributed by atoms with Gasteiger partial charge in [0.05, 0.1) is 6.61 Å². The lowest BCUT2D eigenvalue weighted by atomic mass is 9.85. The highest BCUT2D eigenvalue weighted by molar-refractivity contribution is 5.45. The molecule has 1 aliphatic heterocycles. The van der Waals surface area contributed by atoms with Crippen LogP contribution >= 0.6 is 0 Å². The molecule has 1 aromatic carbocycles. The van der Waals surface area contributed by atoms with Gasteiger partial charge < -0.3 is 10.1 Å². The van der Waals surface area contributed by atoms with Gasteiger partial charge in [0.15, 0.2) is 0 Å². The molecule has 1 aromatic rings. The zero-order valence-corrected chi connectivity index (χ0v) is 11.3. The molecule has 17 heavy (non-hydrogen) atoms. The first-order valence-electron chi connectivity index (χ1n) is 6.53. The molecule has 1 atom stereocenters. The highest BCUT2D eigenvalue weighted by Crippen LogP contribution is 2.39. The van der Waals surface area contributed by atoms with E-state index < -0.39 is 0 Å². The van der Waals surface area contributed by atoms with Gasteiger partial charge in [0.1, 0.15) is 5.75 Å². The van der Waals surface area contributed by atoms with Crippen LogP contribution in [0.2, 0.25) is 0 Å². The van der Waals surface area contributed by atoms with Crippen molar-refractivity contribution >= 4 is 0 Å². The maximum atomic E-state index is 5.72. The molecule has 2 rings (SSSR count). The number of nitrogens with one attached hydrogen (secondary N) is 1. The van der Waals surface area contributed by atoms with E-state index in [9.17, 15) is 0 Å². The van der Waals surface area contributed by atoms with E-state index in [-0.39, 0.29) is 5.41 Å². The molecule has 0 fully saturated rings. The Morgan fingerprint density at radius 3 is 2.82 bits per heavy atom. The first-order chi connectivity index (χ1) is 8.08. The molecule has 0 aromatic heterocycles. The van der Waals surface area contributed by atoms with E-state index >= 15 is 0 Å². The zero-order chi connectivity index (χ0) is 12.5. The number of ether oxygens (including phenoxy) is 1. The first kappa shape index (κ1) is 12.4. The van der Waals surface area contributed by atoms with Crippen molar-refractivity contribution in [1.29, 1.82) is 0 Å². The van der Waals surface area contributed by atoms with Gasteiger partial charge in [-0.1, -0.05) is 33.3 Å². The van der Waals surface area contributed by atoms with E-state index in [2.05, 4.69) is 44.3 Å². The Hall–Kier alpha value is -1.02. The van der Waals surface area contributed by atoms with Crippen LogP contribution in [0.15, 0.2) is 18.2 Å². The van der Waals surface area contributed by atoms with Gasteiger partial charge in [-0.15, -0.1) is 0 Å². The summed E-state index contributed by atoms with van der Waals surface area (Å²) in [6.45, 7) is 7.52. The Balaban J connectivity index is 2.33. The summed E-state index contributed by atoms with van der Waals surface area (Å²) in [5.74, 6) is 1.06. The van der Waals surface area contributed by atoms with Crippen molar-refractivity contribution in [2.24, 2.45) is 0 Å². The second-order valence-electron chi connectivity index (χ2n) is 5.56. The van der Waals surface area contributed by atoms with Gasteiger partial charge >= 0.3 is 0 Å². The molecule has 0 saturated heterocycles. The van der Waals surface area contributed by atoms with Crippen LogP contribution in [-0.4, -0.2) is 13.7 Å². The monoisotopic (exact) mass is 233 g/mol. The average Bonchev–Trinajstić information content (AvgIpc) is 2.62. The van der Waals surface area contributed by atoms with E-state index in [1.54, 1.807) is 0 Å². The smallest absolute Gasteiger partial charge is 0.123 e. The average molecular weight is 233 g/mol. The summed E-state index contributed by atoms with van der Waals surface area (Å²) in [5, 5.41) is 3.40. The van der Waals surface area contributed by atoms with Crippen LogP contribution in [0, 0.1) is 0 Å². The number of fused-ring (bicyclic) bond motifs is 1. The topological polar surface area (TPSA) is 21.3 Å². The van der Waals surface area contributed by atoms with Crippen LogP contribution in [0.4, 0.5) is 0 Å². The molecule has 2 heteroatoms. The van der Waals surface area contributed by atoms with E-state index in [1.807, 2.05) is 7.05 Å². The molecule has 0 aliphatic carbocycles.